The van der Waals surface area contributed by atoms with Crippen molar-refractivity contribution in [3.8, 4) is 0 Å². The quantitative estimate of drug-likeness (QED) is 0.782. The first-order valence-corrected chi connectivity index (χ1v) is 6.99. The van der Waals surface area contributed by atoms with Crippen molar-refractivity contribution in [1.82, 2.24) is 10.3 Å². The molecule has 0 aliphatic rings. The van der Waals surface area contributed by atoms with Crippen LogP contribution in [0.25, 0.3) is 0 Å². The summed E-state index contributed by atoms with van der Waals surface area (Å²) in [4.78, 5) is 7.86. The van der Waals surface area contributed by atoms with Gasteiger partial charge in [-0.15, -0.1) is 11.3 Å². The third-order valence-corrected chi connectivity index (χ3v) is 3.71. The lowest BCUT2D eigenvalue weighted by Gasteiger charge is -2.13. The van der Waals surface area contributed by atoms with E-state index in [9.17, 15) is 0 Å². The maximum Gasteiger partial charge on any atom is 0.185 e. The van der Waals surface area contributed by atoms with E-state index in [1.54, 1.807) is 23.9 Å². The average molecular weight is 265 g/mol. The minimum absolute atomic E-state index is 0.825. The zero-order chi connectivity index (χ0) is 12.8. The third kappa shape index (κ3) is 3.58. The first-order chi connectivity index (χ1) is 8.79. The topological polar surface area (TPSA) is 41.3 Å². The highest BCUT2D eigenvalue weighted by Gasteiger charge is 2.08. The summed E-state index contributed by atoms with van der Waals surface area (Å²) in [5.41, 5.74) is 1.17. The van der Waals surface area contributed by atoms with E-state index in [-0.39, 0.29) is 0 Å². The summed E-state index contributed by atoms with van der Waals surface area (Å²) in [5.74, 6) is 0. The lowest BCUT2D eigenvalue weighted by molar-refractivity contribution is 0.563. The fourth-order valence-electron chi connectivity index (χ4n) is 1.67. The van der Waals surface area contributed by atoms with Crippen LogP contribution in [-0.2, 0) is 13.1 Å². The second-order valence-corrected chi connectivity index (χ2v) is 5.37. The van der Waals surface area contributed by atoms with Crippen LogP contribution in [0.4, 0.5) is 5.13 Å². The Bertz CT molecular complexity index is 453. The molecular weight excluding hydrogens is 246 g/mol. The van der Waals surface area contributed by atoms with Gasteiger partial charge in [0.1, 0.15) is 0 Å². The van der Waals surface area contributed by atoms with Crippen LogP contribution in [0.2, 0.25) is 0 Å². The summed E-state index contributed by atoms with van der Waals surface area (Å²) in [6.07, 6.45) is 6.58. The summed E-state index contributed by atoms with van der Waals surface area (Å²) in [6.45, 7) is 4.96. The summed E-state index contributed by atoms with van der Waals surface area (Å²) in [6, 6.07) is 1.98. The molecule has 0 spiro atoms. The van der Waals surface area contributed by atoms with Crippen LogP contribution in [0.5, 0.6) is 0 Å². The molecule has 0 atom stereocenters. The number of hydrogen-bond donors (Lipinski definition) is 1. The van der Waals surface area contributed by atoms with Crippen LogP contribution in [0, 0.1) is 0 Å². The number of thiazole rings is 1. The van der Waals surface area contributed by atoms with Gasteiger partial charge in [-0.25, -0.2) is 4.98 Å². The number of furan rings is 1. The second kappa shape index (κ2) is 6.56. The van der Waals surface area contributed by atoms with Crippen molar-refractivity contribution in [3.05, 3.63) is 35.2 Å². The van der Waals surface area contributed by atoms with Crippen molar-refractivity contribution in [2.45, 2.75) is 26.4 Å². The van der Waals surface area contributed by atoms with Crippen molar-refractivity contribution in [2.24, 2.45) is 0 Å². The Morgan fingerprint density at radius 2 is 2.39 bits per heavy atom. The first-order valence-electron chi connectivity index (χ1n) is 6.17. The van der Waals surface area contributed by atoms with E-state index >= 15 is 0 Å². The Morgan fingerprint density at radius 1 is 1.50 bits per heavy atom. The molecule has 0 aromatic carbocycles. The van der Waals surface area contributed by atoms with E-state index in [4.69, 9.17) is 4.42 Å². The molecule has 0 bridgehead atoms. The lowest BCUT2D eigenvalue weighted by atomic mass is 10.3. The molecule has 2 aromatic rings. The highest BCUT2D eigenvalue weighted by atomic mass is 32.1. The van der Waals surface area contributed by atoms with Gasteiger partial charge in [-0.1, -0.05) is 6.92 Å². The van der Waals surface area contributed by atoms with Gasteiger partial charge in [-0.05, 0) is 19.0 Å². The van der Waals surface area contributed by atoms with Crippen LogP contribution in [0.15, 0.2) is 29.2 Å². The molecule has 4 nitrogen and oxygen atoms in total. The fourth-order valence-corrected chi connectivity index (χ4v) is 2.51. The average Bonchev–Trinajstić information content (AvgIpc) is 3.00. The lowest BCUT2D eigenvalue weighted by Crippen LogP contribution is -2.15. The zero-order valence-corrected chi connectivity index (χ0v) is 11.7. The molecule has 0 aliphatic carbocycles. The summed E-state index contributed by atoms with van der Waals surface area (Å²) in [5, 5.41) is 4.43. The largest absolute Gasteiger partial charge is 0.472 e. The molecule has 0 radical (unpaired) electrons. The first kappa shape index (κ1) is 13.1. The van der Waals surface area contributed by atoms with E-state index < -0.39 is 0 Å². The molecule has 0 unspecified atom stereocenters. The second-order valence-electron chi connectivity index (χ2n) is 4.27. The summed E-state index contributed by atoms with van der Waals surface area (Å²) >= 11 is 1.73. The number of hydrogen-bond acceptors (Lipinski definition) is 5. The number of anilines is 1. The van der Waals surface area contributed by atoms with Gasteiger partial charge in [0.25, 0.3) is 0 Å². The van der Waals surface area contributed by atoms with Crippen LogP contribution >= 0.6 is 11.3 Å². The van der Waals surface area contributed by atoms with Gasteiger partial charge < -0.3 is 14.6 Å². The molecule has 2 aromatic heterocycles. The van der Waals surface area contributed by atoms with Crippen molar-refractivity contribution in [1.29, 1.82) is 0 Å². The van der Waals surface area contributed by atoms with Gasteiger partial charge in [-0.2, -0.15) is 0 Å². The standard InChI is InChI=1S/C13H19N3OS/c1-3-5-14-7-12-8-15-13(18-12)16(2)9-11-4-6-17-10-11/h4,6,8,10,14H,3,5,7,9H2,1-2H3. The Hall–Kier alpha value is -1.33. The Labute approximate surface area is 112 Å². The highest BCUT2D eigenvalue weighted by Crippen LogP contribution is 2.22. The van der Waals surface area contributed by atoms with E-state index in [0.29, 0.717) is 0 Å². The number of aromatic nitrogens is 1. The Morgan fingerprint density at radius 3 is 3.11 bits per heavy atom. The monoisotopic (exact) mass is 265 g/mol. The maximum absolute atomic E-state index is 5.07. The highest BCUT2D eigenvalue weighted by molar-refractivity contribution is 7.15. The van der Waals surface area contributed by atoms with Crippen LogP contribution in [-0.4, -0.2) is 18.6 Å². The molecule has 0 saturated heterocycles. The van der Waals surface area contributed by atoms with E-state index in [2.05, 4.69) is 29.2 Å². The van der Waals surface area contributed by atoms with Crippen molar-refractivity contribution in [3.63, 3.8) is 0 Å². The Balaban J connectivity index is 1.88. The molecule has 5 heteroatoms. The van der Waals surface area contributed by atoms with Gasteiger partial charge in [0.15, 0.2) is 5.13 Å². The fraction of sp³-hybridized carbons (Fsp3) is 0.462. The molecule has 18 heavy (non-hydrogen) atoms. The molecular formula is C13H19N3OS. The van der Waals surface area contributed by atoms with Crippen LogP contribution in [0.1, 0.15) is 23.8 Å². The molecule has 0 amide bonds. The zero-order valence-electron chi connectivity index (χ0n) is 10.8. The predicted octanol–water partition coefficient (Wildman–Crippen LogP) is 2.87. The Kier molecular flexibility index (Phi) is 4.78. The minimum Gasteiger partial charge on any atom is -0.472 e. The maximum atomic E-state index is 5.07. The number of nitrogens with one attached hydrogen (secondary N) is 1. The van der Waals surface area contributed by atoms with Gasteiger partial charge in [0.05, 0.1) is 12.5 Å². The normalized spacial score (nSPS) is 10.8. The van der Waals surface area contributed by atoms with Gasteiger partial charge in [-0.3, -0.25) is 0 Å². The molecule has 2 rings (SSSR count). The van der Waals surface area contributed by atoms with Gasteiger partial charge in [0, 0.05) is 36.8 Å². The van der Waals surface area contributed by atoms with Crippen LogP contribution in [0.3, 0.4) is 0 Å². The SMILES string of the molecule is CCCNCc1cnc(N(C)Cc2ccoc2)s1. The smallest absolute Gasteiger partial charge is 0.185 e. The van der Waals surface area contributed by atoms with Crippen molar-refractivity contribution < 1.29 is 4.42 Å². The van der Waals surface area contributed by atoms with Gasteiger partial charge in [0.2, 0.25) is 0 Å². The van der Waals surface area contributed by atoms with Crippen molar-refractivity contribution in [2.75, 3.05) is 18.5 Å². The molecule has 1 N–H and O–H groups in total. The molecule has 0 saturated carbocycles. The number of rotatable bonds is 7. The summed E-state index contributed by atoms with van der Waals surface area (Å²) in [7, 11) is 2.05. The molecule has 0 aliphatic heterocycles. The minimum atomic E-state index is 0.825. The molecule has 0 fully saturated rings. The van der Waals surface area contributed by atoms with E-state index in [1.165, 1.54) is 10.4 Å². The molecule has 2 heterocycles. The van der Waals surface area contributed by atoms with Crippen molar-refractivity contribution >= 4 is 16.5 Å². The van der Waals surface area contributed by atoms with E-state index in [0.717, 1.165) is 31.2 Å². The van der Waals surface area contributed by atoms with Gasteiger partial charge >= 0.3 is 0 Å². The van der Waals surface area contributed by atoms with Crippen LogP contribution < -0.4 is 10.2 Å². The third-order valence-electron chi connectivity index (χ3n) is 2.59. The predicted molar refractivity (Wildman–Crippen MR) is 74.9 cm³/mol. The van der Waals surface area contributed by atoms with E-state index in [1.807, 2.05) is 12.3 Å². The molecule has 98 valence electrons. The number of nitrogens with zero attached hydrogens (tertiary/aromatic N) is 2. The summed E-state index contributed by atoms with van der Waals surface area (Å²) < 4.78 is 5.07.